The van der Waals surface area contributed by atoms with Gasteiger partial charge in [0.25, 0.3) is 5.91 Å². The maximum absolute atomic E-state index is 10.9. The lowest BCUT2D eigenvalue weighted by atomic mass is 9.96. The van der Waals surface area contributed by atoms with Crippen LogP contribution < -0.4 is 5.32 Å². The molecule has 1 aromatic rings. The Hall–Kier alpha value is -3.01. The Balaban J connectivity index is 0.000000235. The number of fused-ring (bicyclic) bond motifs is 1. The number of carbonyl (C=O) groups excluding carboxylic acids is 1. The van der Waals surface area contributed by atoms with Crippen LogP contribution in [0, 0.1) is 0 Å². The van der Waals surface area contributed by atoms with Gasteiger partial charge in [-0.1, -0.05) is 0 Å². The largest absolute Gasteiger partial charge is 0.481 e. The maximum atomic E-state index is 10.9. The fraction of sp³-hybridized carbons (Fsp3) is 0.308. The molecular weight excluding hydrogens is 312 g/mol. The summed E-state index contributed by atoms with van der Waals surface area (Å²) in [5.41, 5.74) is -0.986. The number of hydrogen-bond donors (Lipinski definition) is 5. The van der Waals surface area contributed by atoms with Gasteiger partial charge >= 0.3 is 17.9 Å². The van der Waals surface area contributed by atoms with Crippen molar-refractivity contribution < 1.29 is 39.6 Å². The molecule has 0 radical (unpaired) electrons. The van der Waals surface area contributed by atoms with Crippen molar-refractivity contribution in [1.29, 1.82) is 0 Å². The van der Waals surface area contributed by atoms with Gasteiger partial charge in [0.05, 0.1) is 18.4 Å². The molecule has 23 heavy (non-hydrogen) atoms. The van der Waals surface area contributed by atoms with Crippen LogP contribution in [-0.2, 0) is 20.9 Å². The Morgan fingerprint density at radius 2 is 1.74 bits per heavy atom. The fourth-order valence-electron chi connectivity index (χ4n) is 1.77. The van der Waals surface area contributed by atoms with Crippen molar-refractivity contribution in [2.24, 2.45) is 0 Å². The zero-order valence-corrected chi connectivity index (χ0v) is 11.7. The SMILES string of the molecule is O=C(O)CC(O)(CC(=O)O)C(=O)O.O=C1NCc2ccncc21. The van der Waals surface area contributed by atoms with Gasteiger partial charge in [0.15, 0.2) is 5.60 Å². The van der Waals surface area contributed by atoms with E-state index in [4.69, 9.17) is 20.4 Å². The van der Waals surface area contributed by atoms with Crippen LogP contribution in [0.25, 0.3) is 0 Å². The number of carboxylic acids is 3. The predicted molar refractivity (Wildman–Crippen MR) is 72.5 cm³/mol. The van der Waals surface area contributed by atoms with E-state index in [1.807, 2.05) is 6.07 Å². The molecule has 0 bridgehead atoms. The van der Waals surface area contributed by atoms with Gasteiger partial charge < -0.3 is 25.7 Å². The normalized spacial score (nSPS) is 12.5. The van der Waals surface area contributed by atoms with E-state index in [1.54, 1.807) is 12.4 Å². The first kappa shape index (κ1) is 18.0. The minimum Gasteiger partial charge on any atom is -0.481 e. The van der Waals surface area contributed by atoms with E-state index >= 15 is 0 Å². The molecule has 0 aromatic carbocycles. The number of aliphatic hydroxyl groups is 1. The molecule has 0 spiro atoms. The van der Waals surface area contributed by atoms with Gasteiger partial charge in [-0.25, -0.2) is 4.79 Å². The number of carboxylic acid groups (broad SMARTS) is 3. The monoisotopic (exact) mass is 326 g/mol. The van der Waals surface area contributed by atoms with Crippen molar-refractivity contribution >= 4 is 23.8 Å². The van der Waals surface area contributed by atoms with Crippen LogP contribution in [0.2, 0.25) is 0 Å². The highest BCUT2D eigenvalue weighted by molar-refractivity contribution is 5.97. The van der Waals surface area contributed by atoms with Crippen LogP contribution in [0.15, 0.2) is 18.5 Å². The van der Waals surface area contributed by atoms with Crippen LogP contribution in [0.4, 0.5) is 0 Å². The second-order valence-corrected chi connectivity index (χ2v) is 4.69. The van der Waals surface area contributed by atoms with E-state index in [0.29, 0.717) is 12.1 Å². The molecule has 5 N–H and O–H groups in total. The number of aromatic nitrogens is 1. The van der Waals surface area contributed by atoms with Crippen molar-refractivity contribution in [2.75, 3.05) is 0 Å². The van der Waals surface area contributed by atoms with Gasteiger partial charge in [0.1, 0.15) is 0 Å². The average Bonchev–Trinajstić information content (AvgIpc) is 2.80. The lowest BCUT2D eigenvalue weighted by Crippen LogP contribution is -2.42. The molecule has 0 saturated heterocycles. The van der Waals surface area contributed by atoms with Crippen molar-refractivity contribution in [3.63, 3.8) is 0 Å². The van der Waals surface area contributed by atoms with Gasteiger partial charge in [0.2, 0.25) is 0 Å². The number of amides is 1. The summed E-state index contributed by atoms with van der Waals surface area (Å²) in [7, 11) is 0. The van der Waals surface area contributed by atoms with E-state index in [0.717, 1.165) is 5.56 Å². The van der Waals surface area contributed by atoms with E-state index in [-0.39, 0.29) is 5.91 Å². The molecule has 124 valence electrons. The molecule has 1 aliphatic rings. The molecule has 0 saturated carbocycles. The summed E-state index contributed by atoms with van der Waals surface area (Å²) >= 11 is 0. The molecule has 0 aliphatic carbocycles. The maximum Gasteiger partial charge on any atom is 0.336 e. The third kappa shape index (κ3) is 5.04. The van der Waals surface area contributed by atoms with E-state index in [1.165, 1.54) is 0 Å². The van der Waals surface area contributed by atoms with Crippen molar-refractivity contribution in [2.45, 2.75) is 25.0 Å². The molecule has 2 heterocycles. The standard InChI is InChI=1S/C7H6N2O.C6H8O7/c10-7-6-4-8-2-1-5(6)3-9-7;7-3(8)1-6(13,5(11)12)2-4(9)10/h1-2,4H,3H2,(H,9,10);13H,1-2H2,(H,7,8)(H,9,10)(H,11,12). The second kappa shape index (κ2) is 7.31. The summed E-state index contributed by atoms with van der Waals surface area (Å²) in [6.45, 7) is 0.649. The summed E-state index contributed by atoms with van der Waals surface area (Å²) in [6.07, 6.45) is 1.00. The van der Waals surface area contributed by atoms with Gasteiger partial charge in [-0.3, -0.25) is 19.4 Å². The first-order valence-corrected chi connectivity index (χ1v) is 6.26. The molecule has 10 heteroatoms. The van der Waals surface area contributed by atoms with Gasteiger partial charge in [-0.05, 0) is 11.6 Å². The minimum absolute atomic E-state index is 0.0110. The highest BCUT2D eigenvalue weighted by atomic mass is 16.4. The van der Waals surface area contributed by atoms with Crippen LogP contribution >= 0.6 is 0 Å². The molecule has 1 amide bonds. The van der Waals surface area contributed by atoms with E-state index in [9.17, 15) is 19.2 Å². The molecule has 2 rings (SSSR count). The highest BCUT2D eigenvalue weighted by Gasteiger charge is 2.40. The summed E-state index contributed by atoms with van der Waals surface area (Å²) < 4.78 is 0. The molecule has 10 nitrogen and oxygen atoms in total. The van der Waals surface area contributed by atoms with Gasteiger partial charge in [-0.15, -0.1) is 0 Å². The Labute approximate surface area is 129 Å². The molecule has 1 aromatic heterocycles. The third-order valence-corrected chi connectivity index (χ3v) is 2.88. The lowest BCUT2D eigenvalue weighted by Gasteiger charge is -2.18. The first-order valence-electron chi connectivity index (χ1n) is 6.26. The van der Waals surface area contributed by atoms with Crippen molar-refractivity contribution in [3.05, 3.63) is 29.6 Å². The number of nitrogens with one attached hydrogen (secondary N) is 1. The zero-order chi connectivity index (χ0) is 17.6. The Kier molecular flexibility index (Phi) is 5.74. The number of aliphatic carboxylic acids is 3. The smallest absolute Gasteiger partial charge is 0.336 e. The number of pyridine rings is 1. The number of carbonyl (C=O) groups is 4. The Bertz CT molecular complexity index is 627. The quantitative estimate of drug-likeness (QED) is 0.458. The topological polar surface area (TPSA) is 174 Å². The summed E-state index contributed by atoms with van der Waals surface area (Å²) in [5.74, 6) is -5.03. The lowest BCUT2D eigenvalue weighted by molar-refractivity contribution is -0.170. The van der Waals surface area contributed by atoms with Gasteiger partial charge in [0, 0.05) is 18.9 Å². The first-order chi connectivity index (χ1) is 10.7. The fourth-order valence-corrected chi connectivity index (χ4v) is 1.77. The summed E-state index contributed by atoms with van der Waals surface area (Å²) in [4.78, 5) is 45.2. The number of nitrogens with zero attached hydrogens (tertiary/aromatic N) is 1. The van der Waals surface area contributed by atoms with Crippen LogP contribution in [0.5, 0.6) is 0 Å². The number of rotatable bonds is 5. The summed E-state index contributed by atoms with van der Waals surface area (Å²) in [6, 6.07) is 1.85. The van der Waals surface area contributed by atoms with Crippen LogP contribution in [0.3, 0.4) is 0 Å². The van der Waals surface area contributed by atoms with E-state index in [2.05, 4.69) is 10.3 Å². The average molecular weight is 326 g/mol. The molecule has 0 unspecified atom stereocenters. The Morgan fingerprint density at radius 3 is 2.17 bits per heavy atom. The molecule has 1 aliphatic heterocycles. The van der Waals surface area contributed by atoms with Crippen molar-refractivity contribution in [1.82, 2.24) is 10.3 Å². The predicted octanol–water partition coefficient (Wildman–Crippen LogP) is -0.923. The number of hydrogen-bond acceptors (Lipinski definition) is 6. The minimum atomic E-state index is -2.74. The van der Waals surface area contributed by atoms with Gasteiger partial charge in [-0.2, -0.15) is 0 Å². The van der Waals surface area contributed by atoms with Crippen LogP contribution in [0.1, 0.15) is 28.8 Å². The zero-order valence-electron chi connectivity index (χ0n) is 11.7. The Morgan fingerprint density at radius 1 is 1.17 bits per heavy atom. The molecule has 0 fully saturated rings. The second-order valence-electron chi connectivity index (χ2n) is 4.69. The third-order valence-electron chi connectivity index (χ3n) is 2.88. The van der Waals surface area contributed by atoms with Crippen molar-refractivity contribution in [3.8, 4) is 0 Å². The van der Waals surface area contributed by atoms with Crippen LogP contribution in [-0.4, -0.2) is 54.8 Å². The molecular formula is C13H14N2O8. The highest BCUT2D eigenvalue weighted by Crippen LogP contribution is 2.15. The van der Waals surface area contributed by atoms with E-state index < -0.39 is 36.4 Å². The summed E-state index contributed by atoms with van der Waals surface area (Å²) in [5, 5.41) is 36.5. The molecule has 0 atom stereocenters.